The molecule has 1 aliphatic rings. The van der Waals surface area contributed by atoms with E-state index in [1.807, 2.05) is 0 Å². The lowest BCUT2D eigenvalue weighted by atomic mass is 9.90. The van der Waals surface area contributed by atoms with Gasteiger partial charge in [0.15, 0.2) is 0 Å². The highest BCUT2D eigenvalue weighted by molar-refractivity contribution is 4.82. The first kappa shape index (κ1) is 14.9. The van der Waals surface area contributed by atoms with Crippen molar-refractivity contribution >= 4 is 0 Å². The topological polar surface area (TPSA) is 35.5 Å². The molecule has 102 valence electrons. The zero-order valence-electron chi connectivity index (χ0n) is 11.8. The minimum Gasteiger partial charge on any atom is -0.396 e. The molecule has 0 aromatic carbocycles. The molecule has 1 fully saturated rings. The molecule has 1 saturated carbocycles. The fourth-order valence-corrected chi connectivity index (χ4v) is 2.77. The highest BCUT2D eigenvalue weighted by atomic mass is 16.3. The fraction of sp³-hybridized carbons (Fsp3) is 1.00. The van der Waals surface area contributed by atoms with Crippen molar-refractivity contribution in [2.24, 2.45) is 5.92 Å². The van der Waals surface area contributed by atoms with E-state index in [-0.39, 0.29) is 0 Å². The molecule has 0 spiro atoms. The van der Waals surface area contributed by atoms with Crippen molar-refractivity contribution in [1.82, 2.24) is 10.2 Å². The molecule has 3 heteroatoms. The number of hydrogen-bond acceptors (Lipinski definition) is 3. The van der Waals surface area contributed by atoms with Crippen LogP contribution in [0.5, 0.6) is 0 Å². The Kier molecular flexibility index (Phi) is 7.09. The van der Waals surface area contributed by atoms with Crippen LogP contribution in [-0.2, 0) is 0 Å². The first-order chi connectivity index (χ1) is 8.17. The van der Waals surface area contributed by atoms with Crippen molar-refractivity contribution in [2.75, 3.05) is 26.7 Å². The Morgan fingerprint density at radius 3 is 2.47 bits per heavy atom. The molecule has 3 nitrogen and oxygen atoms in total. The Morgan fingerprint density at radius 1 is 1.29 bits per heavy atom. The second-order valence-corrected chi connectivity index (χ2v) is 5.69. The predicted octanol–water partition coefficient (Wildman–Crippen LogP) is 1.86. The van der Waals surface area contributed by atoms with Crippen LogP contribution in [0.2, 0.25) is 0 Å². The van der Waals surface area contributed by atoms with Gasteiger partial charge < -0.3 is 15.3 Å². The molecule has 17 heavy (non-hydrogen) atoms. The predicted molar refractivity (Wildman–Crippen MR) is 73.2 cm³/mol. The summed E-state index contributed by atoms with van der Waals surface area (Å²) in [4.78, 5) is 2.44. The zero-order chi connectivity index (χ0) is 12.7. The molecule has 0 radical (unpaired) electrons. The molecule has 1 unspecified atom stereocenters. The maximum absolute atomic E-state index is 9.08. The highest BCUT2D eigenvalue weighted by Gasteiger charge is 2.23. The van der Waals surface area contributed by atoms with E-state index >= 15 is 0 Å². The van der Waals surface area contributed by atoms with Gasteiger partial charge in [-0.2, -0.15) is 0 Å². The molecule has 0 aromatic rings. The lowest BCUT2D eigenvalue weighted by Gasteiger charge is -2.36. The summed E-state index contributed by atoms with van der Waals surface area (Å²) in [5, 5.41) is 12.7. The summed E-state index contributed by atoms with van der Waals surface area (Å²) in [6.45, 7) is 6.83. The molecule has 0 saturated heterocycles. The Labute approximate surface area is 107 Å². The first-order valence-electron chi connectivity index (χ1n) is 7.21. The molecule has 1 aliphatic carbocycles. The fourth-order valence-electron chi connectivity index (χ4n) is 2.77. The molecule has 0 amide bonds. The van der Waals surface area contributed by atoms with E-state index in [2.05, 4.69) is 31.1 Å². The summed E-state index contributed by atoms with van der Waals surface area (Å²) in [5.74, 6) is 0.399. The maximum Gasteiger partial charge on any atom is 0.0468 e. The number of hydrogen-bond donors (Lipinski definition) is 2. The van der Waals surface area contributed by atoms with Gasteiger partial charge in [0.25, 0.3) is 0 Å². The first-order valence-corrected chi connectivity index (χ1v) is 7.21. The van der Waals surface area contributed by atoms with Gasteiger partial charge in [0.05, 0.1) is 0 Å². The quantitative estimate of drug-likeness (QED) is 0.715. The van der Waals surface area contributed by atoms with Crippen LogP contribution in [0.4, 0.5) is 0 Å². The minimum absolute atomic E-state index is 0.303. The average Bonchev–Trinajstić information content (AvgIpc) is 2.36. The van der Waals surface area contributed by atoms with Crippen molar-refractivity contribution in [2.45, 2.75) is 58.0 Å². The van der Waals surface area contributed by atoms with Crippen molar-refractivity contribution in [1.29, 1.82) is 0 Å². The number of aliphatic hydroxyl groups excluding tert-OH is 1. The summed E-state index contributed by atoms with van der Waals surface area (Å²) in [7, 11) is 2.20. The van der Waals surface area contributed by atoms with Crippen LogP contribution in [0.1, 0.15) is 46.0 Å². The summed E-state index contributed by atoms with van der Waals surface area (Å²) in [5.41, 5.74) is 0. The molecular weight excluding hydrogens is 212 g/mol. The van der Waals surface area contributed by atoms with Gasteiger partial charge in [0.2, 0.25) is 0 Å². The summed E-state index contributed by atoms with van der Waals surface area (Å²) >= 11 is 0. The van der Waals surface area contributed by atoms with E-state index in [1.54, 1.807) is 0 Å². The van der Waals surface area contributed by atoms with Crippen LogP contribution in [0.15, 0.2) is 0 Å². The summed E-state index contributed by atoms with van der Waals surface area (Å²) in [6, 6.07) is 1.47. The van der Waals surface area contributed by atoms with Crippen LogP contribution in [0, 0.1) is 5.92 Å². The Balaban J connectivity index is 2.21. The number of aliphatic hydroxyl groups is 1. The van der Waals surface area contributed by atoms with E-state index in [0.717, 1.165) is 25.2 Å². The Hall–Kier alpha value is -0.120. The van der Waals surface area contributed by atoms with Gasteiger partial charge in [-0.15, -0.1) is 0 Å². The third-order valence-electron chi connectivity index (χ3n) is 3.91. The van der Waals surface area contributed by atoms with Crippen LogP contribution in [0.3, 0.4) is 0 Å². The highest BCUT2D eigenvalue weighted by Crippen LogP contribution is 2.22. The maximum atomic E-state index is 9.08. The van der Waals surface area contributed by atoms with Gasteiger partial charge in [0.1, 0.15) is 0 Å². The van der Waals surface area contributed by atoms with Crippen LogP contribution < -0.4 is 5.32 Å². The zero-order valence-corrected chi connectivity index (χ0v) is 11.8. The van der Waals surface area contributed by atoms with Gasteiger partial charge in [-0.1, -0.05) is 13.8 Å². The van der Waals surface area contributed by atoms with Gasteiger partial charge in [-0.3, -0.25) is 0 Å². The van der Waals surface area contributed by atoms with Crippen molar-refractivity contribution < 1.29 is 5.11 Å². The van der Waals surface area contributed by atoms with E-state index in [1.165, 1.54) is 32.1 Å². The molecule has 0 bridgehead atoms. The molecule has 0 heterocycles. The van der Waals surface area contributed by atoms with E-state index in [4.69, 9.17) is 5.11 Å². The van der Waals surface area contributed by atoms with E-state index in [0.29, 0.717) is 12.5 Å². The van der Waals surface area contributed by atoms with E-state index < -0.39 is 0 Å². The molecule has 1 atom stereocenters. The average molecular weight is 242 g/mol. The van der Waals surface area contributed by atoms with Gasteiger partial charge >= 0.3 is 0 Å². The van der Waals surface area contributed by atoms with Gasteiger partial charge in [-0.25, -0.2) is 0 Å². The normalized spacial score (nSPS) is 27.4. The third-order valence-corrected chi connectivity index (χ3v) is 3.91. The van der Waals surface area contributed by atoms with Gasteiger partial charge in [-0.05, 0) is 51.6 Å². The van der Waals surface area contributed by atoms with Crippen molar-refractivity contribution in [3.8, 4) is 0 Å². The molecular formula is C14H30N2O. The smallest absolute Gasteiger partial charge is 0.0468 e. The third kappa shape index (κ3) is 5.36. The van der Waals surface area contributed by atoms with E-state index in [9.17, 15) is 0 Å². The Morgan fingerprint density at radius 2 is 1.94 bits per heavy atom. The molecule has 1 rings (SSSR count). The second-order valence-electron chi connectivity index (χ2n) is 5.69. The van der Waals surface area contributed by atoms with Crippen LogP contribution >= 0.6 is 0 Å². The SMILES string of the molecule is CCCNC1CCC(N(C)CC(C)CO)CC1. The Bertz CT molecular complexity index is 191. The molecule has 2 N–H and O–H groups in total. The monoisotopic (exact) mass is 242 g/mol. The number of nitrogens with one attached hydrogen (secondary N) is 1. The number of rotatable bonds is 7. The number of nitrogens with zero attached hydrogens (tertiary/aromatic N) is 1. The van der Waals surface area contributed by atoms with Gasteiger partial charge in [0, 0.05) is 25.2 Å². The molecule has 0 aromatic heterocycles. The lowest BCUT2D eigenvalue weighted by molar-refractivity contribution is 0.131. The summed E-state index contributed by atoms with van der Waals surface area (Å²) in [6.07, 6.45) is 6.45. The summed E-state index contributed by atoms with van der Waals surface area (Å²) < 4.78 is 0. The van der Waals surface area contributed by atoms with Crippen molar-refractivity contribution in [3.05, 3.63) is 0 Å². The van der Waals surface area contributed by atoms with Crippen LogP contribution in [-0.4, -0.2) is 48.8 Å². The van der Waals surface area contributed by atoms with Crippen LogP contribution in [0.25, 0.3) is 0 Å². The lowest BCUT2D eigenvalue weighted by Crippen LogP contribution is -2.42. The standard InChI is InChI=1S/C14H30N2O/c1-4-9-15-13-5-7-14(8-6-13)16(3)10-12(2)11-17/h12-15,17H,4-11H2,1-3H3. The minimum atomic E-state index is 0.303. The largest absolute Gasteiger partial charge is 0.396 e. The second kappa shape index (κ2) is 8.06. The molecule has 0 aliphatic heterocycles. The van der Waals surface area contributed by atoms with Crippen molar-refractivity contribution in [3.63, 3.8) is 0 Å².